The molecule has 0 saturated carbocycles. The summed E-state index contributed by atoms with van der Waals surface area (Å²) >= 11 is 0. The lowest BCUT2D eigenvalue weighted by Gasteiger charge is -2.02. The van der Waals surface area contributed by atoms with Crippen molar-refractivity contribution < 1.29 is 4.79 Å². The van der Waals surface area contributed by atoms with Crippen molar-refractivity contribution in [3.63, 3.8) is 0 Å². The van der Waals surface area contributed by atoms with Crippen LogP contribution in [0.25, 0.3) is 0 Å². The van der Waals surface area contributed by atoms with E-state index in [1.165, 1.54) is 77.0 Å². The minimum Gasteiger partial charge on any atom is -0.298 e. The van der Waals surface area contributed by atoms with Gasteiger partial charge < -0.3 is 0 Å². The van der Waals surface area contributed by atoms with E-state index in [0.29, 0.717) is 0 Å². The Balaban J connectivity index is 3.48. The maximum Gasteiger partial charge on any atom is 0.145 e. The summed E-state index contributed by atoms with van der Waals surface area (Å²) in [6, 6.07) is 0. The summed E-state index contributed by atoms with van der Waals surface area (Å²) in [5, 5.41) is 0. The molecule has 0 heterocycles. The molecule has 0 aliphatic heterocycles. The number of rotatable bonds is 15. The van der Waals surface area contributed by atoms with Crippen molar-refractivity contribution in [3.05, 3.63) is 11.6 Å². The standard InChI is InChI=1S/C19H36O/c1-3-5-7-9-11-13-15-17-19(18-20)16-14-12-10-8-6-4-2/h17-18H,3-16H2,1-2H3/b19-17+. The largest absolute Gasteiger partial charge is 0.298 e. The van der Waals surface area contributed by atoms with Crippen LogP contribution in [0.5, 0.6) is 0 Å². The summed E-state index contributed by atoms with van der Waals surface area (Å²) in [4.78, 5) is 11.0. The van der Waals surface area contributed by atoms with Crippen LogP contribution in [-0.2, 0) is 4.79 Å². The SMILES string of the molecule is CCCCCCCC/C=C(/C=O)CCCCCCCC. The molecule has 0 rings (SSSR count). The van der Waals surface area contributed by atoms with Gasteiger partial charge in [-0.2, -0.15) is 0 Å². The molecule has 0 bridgehead atoms. The van der Waals surface area contributed by atoms with Gasteiger partial charge in [0.15, 0.2) is 0 Å². The van der Waals surface area contributed by atoms with Crippen LogP contribution in [0.4, 0.5) is 0 Å². The topological polar surface area (TPSA) is 17.1 Å². The van der Waals surface area contributed by atoms with Crippen LogP contribution in [0.1, 0.15) is 104 Å². The third-order valence-electron chi connectivity index (χ3n) is 3.93. The Bertz CT molecular complexity index is 230. The second-order valence-electron chi connectivity index (χ2n) is 5.97. The Morgan fingerprint density at radius 1 is 0.700 bits per heavy atom. The maximum atomic E-state index is 11.0. The zero-order valence-electron chi connectivity index (χ0n) is 14.0. The summed E-state index contributed by atoms with van der Waals surface area (Å²) in [5.41, 5.74) is 1.04. The fourth-order valence-corrected chi connectivity index (χ4v) is 2.53. The van der Waals surface area contributed by atoms with E-state index in [4.69, 9.17) is 0 Å². The van der Waals surface area contributed by atoms with Crippen LogP contribution in [0.3, 0.4) is 0 Å². The molecular formula is C19H36O. The molecule has 0 saturated heterocycles. The van der Waals surface area contributed by atoms with E-state index < -0.39 is 0 Å². The van der Waals surface area contributed by atoms with E-state index in [2.05, 4.69) is 19.9 Å². The lowest BCUT2D eigenvalue weighted by atomic mass is 10.0. The predicted octanol–water partition coefficient (Wildman–Crippen LogP) is 6.61. The molecule has 0 aromatic rings. The molecule has 20 heavy (non-hydrogen) atoms. The van der Waals surface area contributed by atoms with Crippen LogP contribution >= 0.6 is 0 Å². The summed E-state index contributed by atoms with van der Waals surface area (Å²) in [7, 11) is 0. The highest BCUT2D eigenvalue weighted by Gasteiger charge is 1.97. The van der Waals surface area contributed by atoms with Crippen molar-refractivity contribution in [1.82, 2.24) is 0 Å². The van der Waals surface area contributed by atoms with E-state index in [1.807, 2.05) is 0 Å². The van der Waals surface area contributed by atoms with Gasteiger partial charge in [0.25, 0.3) is 0 Å². The molecule has 0 atom stereocenters. The number of allylic oxidation sites excluding steroid dienone is 2. The van der Waals surface area contributed by atoms with Crippen molar-refractivity contribution in [2.45, 2.75) is 104 Å². The van der Waals surface area contributed by atoms with Crippen LogP contribution in [-0.4, -0.2) is 6.29 Å². The summed E-state index contributed by atoms with van der Waals surface area (Å²) in [5.74, 6) is 0. The van der Waals surface area contributed by atoms with Gasteiger partial charge in [0.05, 0.1) is 0 Å². The molecule has 0 aliphatic carbocycles. The lowest BCUT2D eigenvalue weighted by molar-refractivity contribution is -0.105. The number of hydrogen-bond acceptors (Lipinski definition) is 1. The highest BCUT2D eigenvalue weighted by atomic mass is 16.1. The minimum absolute atomic E-state index is 0.992. The first-order valence-electron chi connectivity index (χ1n) is 8.99. The summed E-state index contributed by atoms with van der Waals surface area (Å²) in [6.07, 6.45) is 21.1. The first-order chi connectivity index (χ1) is 9.85. The molecule has 0 aromatic carbocycles. The molecule has 0 radical (unpaired) electrons. The zero-order valence-corrected chi connectivity index (χ0v) is 14.0. The van der Waals surface area contributed by atoms with Gasteiger partial charge in [0, 0.05) is 0 Å². The first-order valence-corrected chi connectivity index (χ1v) is 8.99. The van der Waals surface area contributed by atoms with Gasteiger partial charge in [-0.05, 0) is 31.3 Å². The van der Waals surface area contributed by atoms with Gasteiger partial charge in [0.2, 0.25) is 0 Å². The highest BCUT2D eigenvalue weighted by molar-refractivity contribution is 5.72. The molecule has 0 unspecified atom stereocenters. The molecule has 0 aromatic heterocycles. The average molecular weight is 280 g/mol. The molecule has 1 nitrogen and oxygen atoms in total. The molecule has 0 fully saturated rings. The quantitative estimate of drug-likeness (QED) is 0.187. The second kappa shape index (κ2) is 16.5. The van der Waals surface area contributed by atoms with Crippen molar-refractivity contribution in [2.24, 2.45) is 0 Å². The van der Waals surface area contributed by atoms with Gasteiger partial charge in [-0.1, -0.05) is 84.1 Å². The van der Waals surface area contributed by atoms with Crippen molar-refractivity contribution >= 4 is 6.29 Å². The Hall–Kier alpha value is -0.590. The predicted molar refractivity (Wildman–Crippen MR) is 90.1 cm³/mol. The first kappa shape index (κ1) is 19.4. The fraction of sp³-hybridized carbons (Fsp3) is 0.842. The Kier molecular flexibility index (Phi) is 16.0. The number of carbonyl (C=O) groups is 1. The molecule has 118 valence electrons. The van der Waals surface area contributed by atoms with Gasteiger partial charge in [-0.15, -0.1) is 0 Å². The second-order valence-corrected chi connectivity index (χ2v) is 5.97. The Morgan fingerprint density at radius 2 is 1.20 bits per heavy atom. The van der Waals surface area contributed by atoms with Crippen molar-refractivity contribution in [2.75, 3.05) is 0 Å². The van der Waals surface area contributed by atoms with E-state index in [9.17, 15) is 4.79 Å². The number of aldehydes is 1. The highest BCUT2D eigenvalue weighted by Crippen LogP contribution is 2.13. The molecule has 0 aliphatic rings. The number of carbonyl (C=O) groups excluding carboxylic acids is 1. The van der Waals surface area contributed by atoms with Crippen LogP contribution in [0.2, 0.25) is 0 Å². The molecular weight excluding hydrogens is 244 g/mol. The number of unbranched alkanes of at least 4 members (excludes halogenated alkanes) is 11. The third-order valence-corrected chi connectivity index (χ3v) is 3.93. The van der Waals surface area contributed by atoms with Crippen LogP contribution < -0.4 is 0 Å². The normalized spacial score (nSPS) is 11.8. The van der Waals surface area contributed by atoms with Crippen LogP contribution in [0.15, 0.2) is 11.6 Å². The summed E-state index contributed by atoms with van der Waals surface area (Å²) < 4.78 is 0. The monoisotopic (exact) mass is 280 g/mol. The molecule has 0 spiro atoms. The molecule has 0 N–H and O–H groups in total. The third kappa shape index (κ3) is 13.8. The Morgan fingerprint density at radius 3 is 1.75 bits per heavy atom. The fourth-order valence-electron chi connectivity index (χ4n) is 2.53. The van der Waals surface area contributed by atoms with Gasteiger partial charge in [-0.3, -0.25) is 4.79 Å². The number of hydrogen-bond donors (Lipinski definition) is 0. The van der Waals surface area contributed by atoms with E-state index in [1.54, 1.807) is 0 Å². The van der Waals surface area contributed by atoms with Crippen LogP contribution in [0, 0.1) is 0 Å². The average Bonchev–Trinajstić information content (AvgIpc) is 2.47. The molecule has 1 heteroatoms. The molecule has 0 amide bonds. The zero-order chi connectivity index (χ0) is 14.9. The Labute approximate surface area is 127 Å². The smallest absolute Gasteiger partial charge is 0.145 e. The van der Waals surface area contributed by atoms with Crippen molar-refractivity contribution in [1.29, 1.82) is 0 Å². The van der Waals surface area contributed by atoms with E-state index >= 15 is 0 Å². The minimum atomic E-state index is 0.992. The summed E-state index contributed by atoms with van der Waals surface area (Å²) in [6.45, 7) is 4.50. The van der Waals surface area contributed by atoms with Gasteiger partial charge in [-0.25, -0.2) is 0 Å². The maximum absolute atomic E-state index is 11.0. The van der Waals surface area contributed by atoms with Gasteiger partial charge in [0.1, 0.15) is 6.29 Å². The van der Waals surface area contributed by atoms with E-state index in [-0.39, 0.29) is 0 Å². The lowest BCUT2D eigenvalue weighted by Crippen LogP contribution is -1.87. The van der Waals surface area contributed by atoms with Gasteiger partial charge >= 0.3 is 0 Å². The van der Waals surface area contributed by atoms with Crippen molar-refractivity contribution in [3.8, 4) is 0 Å². The van der Waals surface area contributed by atoms with E-state index in [0.717, 1.165) is 24.7 Å².